The van der Waals surface area contributed by atoms with E-state index in [0.717, 1.165) is 23.4 Å². The Balaban J connectivity index is 1.81. The van der Waals surface area contributed by atoms with Crippen LogP contribution < -0.4 is 5.32 Å². The number of aliphatic imine (C=N–C) groups is 1. The molecule has 0 spiro atoms. The van der Waals surface area contributed by atoms with Crippen molar-refractivity contribution in [2.75, 3.05) is 5.32 Å². The molecule has 2 aromatic rings. The molecule has 4 heteroatoms. The number of nitrogens with one attached hydrogen (secondary N) is 2. The van der Waals surface area contributed by atoms with E-state index in [4.69, 9.17) is 0 Å². The summed E-state index contributed by atoms with van der Waals surface area (Å²) in [6.45, 7) is 4.39. The first kappa shape index (κ1) is 15.3. The smallest absolute Gasteiger partial charge is 0.0924 e. The number of imidazole rings is 1. The van der Waals surface area contributed by atoms with Crippen molar-refractivity contribution in [1.82, 2.24) is 9.97 Å². The molecule has 2 rings (SSSR count). The maximum absolute atomic E-state index is 4.51. The van der Waals surface area contributed by atoms with Crippen molar-refractivity contribution in [3.05, 3.63) is 36.8 Å². The van der Waals surface area contributed by atoms with E-state index in [1.54, 1.807) is 6.33 Å². The van der Waals surface area contributed by atoms with Crippen LogP contribution in [0.15, 0.2) is 41.8 Å². The Kier molecular flexibility index (Phi) is 6.00. The van der Waals surface area contributed by atoms with Crippen molar-refractivity contribution < 1.29 is 0 Å². The second-order valence-electron chi connectivity index (χ2n) is 5.31. The third-order valence-electron chi connectivity index (χ3n) is 3.48. The first-order valence-corrected chi connectivity index (χ1v) is 7.66. The SMILES string of the molecule is CCCCCC(C)N=CNc1ccc(-c2cnc[nH]2)cc1. The molecule has 0 saturated carbocycles. The number of nitrogens with zero attached hydrogens (tertiary/aromatic N) is 2. The number of hydrogen-bond donors (Lipinski definition) is 2. The summed E-state index contributed by atoms with van der Waals surface area (Å²) in [5, 5.41) is 3.22. The lowest BCUT2D eigenvalue weighted by molar-refractivity contribution is 0.595. The fraction of sp³-hybridized carbons (Fsp3) is 0.412. The van der Waals surface area contributed by atoms with Crippen molar-refractivity contribution in [3.63, 3.8) is 0 Å². The molecule has 2 N–H and O–H groups in total. The number of rotatable bonds is 8. The van der Waals surface area contributed by atoms with Gasteiger partial charge in [0, 0.05) is 11.7 Å². The van der Waals surface area contributed by atoms with E-state index in [2.05, 4.69) is 46.3 Å². The minimum absolute atomic E-state index is 0.383. The fourth-order valence-corrected chi connectivity index (χ4v) is 2.16. The summed E-state index contributed by atoms with van der Waals surface area (Å²) in [6, 6.07) is 8.60. The number of aromatic nitrogens is 2. The average molecular weight is 284 g/mol. The van der Waals surface area contributed by atoms with Gasteiger partial charge in [-0.1, -0.05) is 38.3 Å². The van der Waals surface area contributed by atoms with E-state index >= 15 is 0 Å². The quantitative estimate of drug-likeness (QED) is 0.426. The van der Waals surface area contributed by atoms with Crippen molar-refractivity contribution in [2.24, 2.45) is 4.99 Å². The number of hydrogen-bond acceptors (Lipinski definition) is 2. The van der Waals surface area contributed by atoms with Gasteiger partial charge in [-0.15, -0.1) is 0 Å². The van der Waals surface area contributed by atoms with Crippen LogP contribution in [0.25, 0.3) is 11.3 Å². The lowest BCUT2D eigenvalue weighted by Gasteiger charge is -2.06. The Morgan fingerprint density at radius 2 is 2.10 bits per heavy atom. The molecule has 1 aromatic carbocycles. The number of H-pyrrole nitrogens is 1. The molecule has 0 amide bonds. The maximum Gasteiger partial charge on any atom is 0.0924 e. The van der Waals surface area contributed by atoms with Gasteiger partial charge in [0.05, 0.1) is 24.6 Å². The highest BCUT2D eigenvalue weighted by molar-refractivity contribution is 5.76. The van der Waals surface area contributed by atoms with Crippen LogP contribution in [-0.4, -0.2) is 22.3 Å². The molecule has 0 fully saturated rings. The standard InChI is InChI=1S/C17H24N4/c1-3-4-5-6-14(2)19-13-20-16-9-7-15(8-10-16)17-11-18-12-21-17/h7-14H,3-6H2,1-2H3,(H,18,21)(H,19,20). The van der Waals surface area contributed by atoms with Gasteiger partial charge >= 0.3 is 0 Å². The first-order chi connectivity index (χ1) is 10.3. The summed E-state index contributed by atoms with van der Waals surface area (Å²) >= 11 is 0. The molecule has 0 bridgehead atoms. The van der Waals surface area contributed by atoms with Crippen molar-refractivity contribution >= 4 is 12.0 Å². The number of benzene rings is 1. The molecule has 0 aliphatic rings. The van der Waals surface area contributed by atoms with E-state index in [9.17, 15) is 0 Å². The molecule has 21 heavy (non-hydrogen) atoms. The average Bonchev–Trinajstić information content (AvgIpc) is 3.02. The van der Waals surface area contributed by atoms with Gasteiger partial charge in [-0.05, 0) is 31.0 Å². The van der Waals surface area contributed by atoms with Gasteiger partial charge in [0.1, 0.15) is 0 Å². The van der Waals surface area contributed by atoms with Crippen LogP contribution in [0.2, 0.25) is 0 Å². The van der Waals surface area contributed by atoms with E-state index < -0.39 is 0 Å². The molecule has 1 unspecified atom stereocenters. The van der Waals surface area contributed by atoms with Gasteiger partial charge in [-0.3, -0.25) is 4.99 Å². The van der Waals surface area contributed by atoms with Crippen LogP contribution in [0.3, 0.4) is 0 Å². The summed E-state index contributed by atoms with van der Waals surface area (Å²) in [5.41, 5.74) is 3.20. The maximum atomic E-state index is 4.51. The monoisotopic (exact) mass is 284 g/mol. The van der Waals surface area contributed by atoms with Crippen molar-refractivity contribution in [2.45, 2.75) is 45.6 Å². The van der Waals surface area contributed by atoms with Crippen molar-refractivity contribution in [1.29, 1.82) is 0 Å². The zero-order valence-corrected chi connectivity index (χ0v) is 12.8. The highest BCUT2D eigenvalue weighted by atomic mass is 14.9. The zero-order valence-electron chi connectivity index (χ0n) is 12.8. The van der Waals surface area contributed by atoms with Crippen LogP contribution >= 0.6 is 0 Å². The molecule has 1 heterocycles. The van der Waals surface area contributed by atoms with Crippen LogP contribution in [0.4, 0.5) is 5.69 Å². The van der Waals surface area contributed by atoms with E-state index in [1.807, 2.05) is 24.7 Å². The number of unbranched alkanes of at least 4 members (excludes halogenated alkanes) is 2. The van der Waals surface area contributed by atoms with E-state index in [1.165, 1.54) is 19.3 Å². The van der Waals surface area contributed by atoms with Gasteiger partial charge in [0.2, 0.25) is 0 Å². The third kappa shape index (κ3) is 5.06. The Morgan fingerprint density at radius 1 is 1.29 bits per heavy atom. The normalized spacial score (nSPS) is 12.7. The van der Waals surface area contributed by atoms with Crippen LogP contribution in [-0.2, 0) is 0 Å². The zero-order chi connectivity index (χ0) is 14.9. The predicted octanol–water partition coefficient (Wildman–Crippen LogP) is 4.49. The molecule has 112 valence electrons. The Bertz CT molecular complexity index is 528. The number of aromatic amines is 1. The summed E-state index contributed by atoms with van der Waals surface area (Å²) in [7, 11) is 0. The highest BCUT2D eigenvalue weighted by Crippen LogP contribution is 2.18. The largest absolute Gasteiger partial charge is 0.347 e. The molecule has 1 atom stereocenters. The molecular formula is C17H24N4. The second kappa shape index (κ2) is 8.25. The lowest BCUT2D eigenvalue weighted by atomic mass is 10.1. The minimum Gasteiger partial charge on any atom is -0.347 e. The Labute approximate surface area is 126 Å². The summed E-state index contributed by atoms with van der Waals surface area (Å²) in [4.78, 5) is 11.6. The van der Waals surface area contributed by atoms with Crippen LogP contribution in [0.1, 0.15) is 39.5 Å². The summed E-state index contributed by atoms with van der Waals surface area (Å²) in [5.74, 6) is 0. The minimum atomic E-state index is 0.383. The molecule has 0 radical (unpaired) electrons. The van der Waals surface area contributed by atoms with Crippen LogP contribution in [0.5, 0.6) is 0 Å². The summed E-state index contributed by atoms with van der Waals surface area (Å²) < 4.78 is 0. The van der Waals surface area contributed by atoms with Gasteiger partial charge in [0.25, 0.3) is 0 Å². The third-order valence-corrected chi connectivity index (χ3v) is 3.48. The van der Waals surface area contributed by atoms with Gasteiger partial charge in [-0.2, -0.15) is 0 Å². The van der Waals surface area contributed by atoms with Crippen molar-refractivity contribution in [3.8, 4) is 11.3 Å². The Morgan fingerprint density at radius 3 is 2.76 bits per heavy atom. The van der Waals surface area contributed by atoms with E-state index in [-0.39, 0.29) is 0 Å². The molecule has 0 aliphatic heterocycles. The molecule has 4 nitrogen and oxygen atoms in total. The lowest BCUT2D eigenvalue weighted by Crippen LogP contribution is -2.02. The van der Waals surface area contributed by atoms with Gasteiger partial charge in [0.15, 0.2) is 0 Å². The summed E-state index contributed by atoms with van der Waals surface area (Å²) in [6.07, 6.45) is 10.3. The Hall–Kier alpha value is -2.10. The van der Waals surface area contributed by atoms with E-state index in [0.29, 0.717) is 6.04 Å². The molecule has 1 aromatic heterocycles. The number of anilines is 1. The predicted molar refractivity (Wildman–Crippen MR) is 89.7 cm³/mol. The van der Waals surface area contributed by atoms with Gasteiger partial charge in [-0.25, -0.2) is 4.98 Å². The first-order valence-electron chi connectivity index (χ1n) is 7.66. The topological polar surface area (TPSA) is 53.1 Å². The highest BCUT2D eigenvalue weighted by Gasteiger charge is 1.99. The molecular weight excluding hydrogens is 260 g/mol. The van der Waals surface area contributed by atoms with Crippen LogP contribution in [0, 0.1) is 0 Å². The van der Waals surface area contributed by atoms with Gasteiger partial charge < -0.3 is 10.3 Å². The fourth-order valence-electron chi connectivity index (χ4n) is 2.16. The second-order valence-corrected chi connectivity index (χ2v) is 5.31. The molecule has 0 saturated heterocycles. The molecule has 0 aliphatic carbocycles.